The van der Waals surface area contributed by atoms with Crippen molar-refractivity contribution in [3.05, 3.63) is 70.8 Å². The Morgan fingerprint density at radius 3 is 2.21 bits per heavy atom. The van der Waals surface area contributed by atoms with Gasteiger partial charge in [0.15, 0.2) is 0 Å². The highest BCUT2D eigenvalue weighted by atomic mass is 16.2. The van der Waals surface area contributed by atoms with E-state index in [1.165, 1.54) is 36.8 Å². The second-order valence-corrected chi connectivity index (χ2v) is 9.27. The molecule has 2 aromatic rings. The first-order chi connectivity index (χ1) is 16.4. The Kier molecular flexibility index (Phi) is 9.14. The van der Waals surface area contributed by atoms with Crippen LogP contribution in [-0.2, 0) is 14.4 Å². The maximum Gasteiger partial charge on any atom is 0.373 e. The van der Waals surface area contributed by atoms with Gasteiger partial charge < -0.3 is 10.6 Å². The Bertz CT molecular complexity index is 1000. The molecule has 2 aliphatic rings. The van der Waals surface area contributed by atoms with E-state index < -0.39 is 0 Å². The lowest BCUT2D eigenvalue weighted by Crippen LogP contribution is -2.63. The van der Waals surface area contributed by atoms with E-state index in [9.17, 15) is 9.59 Å². The van der Waals surface area contributed by atoms with Crippen molar-refractivity contribution in [2.45, 2.75) is 57.5 Å². The number of amides is 2. The van der Waals surface area contributed by atoms with Crippen LogP contribution in [0.4, 0.5) is 0 Å². The summed E-state index contributed by atoms with van der Waals surface area (Å²) in [6.45, 7) is 5.93. The van der Waals surface area contributed by atoms with Crippen LogP contribution in [0.5, 0.6) is 0 Å². The average Bonchev–Trinajstić information content (AvgIpc) is 2.81. The highest BCUT2D eigenvalue weighted by Crippen LogP contribution is 2.36. The molecule has 1 aliphatic heterocycles. The van der Waals surface area contributed by atoms with Gasteiger partial charge in [-0.1, -0.05) is 47.5 Å². The first kappa shape index (κ1) is 25.3. The zero-order valence-electron chi connectivity index (χ0n) is 19.9. The van der Waals surface area contributed by atoms with Crippen LogP contribution in [0.15, 0.2) is 48.5 Å². The Morgan fingerprint density at radius 2 is 1.59 bits per heavy atom. The number of hydrogen-bond acceptors (Lipinski definition) is 5. The van der Waals surface area contributed by atoms with Crippen LogP contribution < -0.4 is 10.6 Å². The number of carbonyl (C=O) groups is 2. The van der Waals surface area contributed by atoms with Gasteiger partial charge in [-0.2, -0.15) is 9.59 Å². The molecule has 0 atom stereocenters. The van der Waals surface area contributed by atoms with E-state index in [0.29, 0.717) is 17.5 Å². The minimum atomic E-state index is -0.209. The fraction of sp³-hybridized carbons (Fsp3) is 0.444. The van der Waals surface area contributed by atoms with E-state index in [1.54, 1.807) is 6.07 Å². The van der Waals surface area contributed by atoms with E-state index in [4.69, 9.17) is 9.59 Å². The molecule has 1 saturated heterocycles. The molecule has 0 radical (unpaired) electrons. The van der Waals surface area contributed by atoms with Crippen molar-refractivity contribution >= 4 is 18.0 Å². The Labute approximate surface area is 200 Å². The van der Waals surface area contributed by atoms with Gasteiger partial charge in [-0.25, -0.2) is 0 Å². The Hall–Kier alpha value is -3.28. The fourth-order valence-electron chi connectivity index (χ4n) is 4.84. The fourth-order valence-corrected chi connectivity index (χ4v) is 4.84. The van der Waals surface area contributed by atoms with E-state index in [2.05, 4.69) is 46.7 Å². The van der Waals surface area contributed by atoms with Gasteiger partial charge in [-0.05, 0) is 63.1 Å². The molecule has 2 N–H and O–H groups in total. The Morgan fingerprint density at radius 1 is 0.941 bits per heavy atom. The van der Waals surface area contributed by atoms with Crippen molar-refractivity contribution in [3.63, 3.8) is 0 Å². The van der Waals surface area contributed by atoms with Gasteiger partial charge in [0.1, 0.15) is 0 Å². The Balaban J connectivity index is 0.00000103. The zero-order chi connectivity index (χ0) is 24.5. The summed E-state index contributed by atoms with van der Waals surface area (Å²) in [5.74, 6) is 0.360. The van der Waals surface area contributed by atoms with Crippen LogP contribution in [0.1, 0.15) is 58.6 Å². The number of carbonyl (C=O) groups excluding carboxylic acids is 4. The number of rotatable bonds is 6. The molecule has 1 heterocycles. The number of aryl methyl sites for hydroxylation is 2. The van der Waals surface area contributed by atoms with Crippen molar-refractivity contribution in [2.24, 2.45) is 0 Å². The third-order valence-electron chi connectivity index (χ3n) is 6.73. The second kappa shape index (κ2) is 12.3. The lowest BCUT2D eigenvalue weighted by atomic mass is 9.80. The number of nitrogens with one attached hydrogen (secondary N) is 2. The predicted molar refractivity (Wildman–Crippen MR) is 128 cm³/mol. The molecule has 0 aromatic heterocycles. The van der Waals surface area contributed by atoms with Crippen molar-refractivity contribution in [3.8, 4) is 0 Å². The number of benzene rings is 2. The molecule has 1 aliphatic carbocycles. The monoisotopic (exact) mass is 463 g/mol. The van der Waals surface area contributed by atoms with E-state index in [0.717, 1.165) is 18.7 Å². The largest absolute Gasteiger partial charge is 0.373 e. The van der Waals surface area contributed by atoms with Crippen LogP contribution in [0.2, 0.25) is 0 Å². The summed E-state index contributed by atoms with van der Waals surface area (Å²) < 4.78 is 0. The molecule has 2 amide bonds. The topological polar surface area (TPSA) is 95.6 Å². The average molecular weight is 464 g/mol. The molecular formula is C27H33N3O4. The van der Waals surface area contributed by atoms with Gasteiger partial charge in [0.25, 0.3) is 5.91 Å². The van der Waals surface area contributed by atoms with Crippen LogP contribution in [0.25, 0.3) is 0 Å². The molecule has 0 unspecified atom stereocenters. The van der Waals surface area contributed by atoms with E-state index in [-0.39, 0.29) is 30.6 Å². The van der Waals surface area contributed by atoms with Gasteiger partial charge in [0.2, 0.25) is 5.91 Å². The maximum atomic E-state index is 12.2. The highest BCUT2D eigenvalue weighted by molar-refractivity contribution is 5.96. The van der Waals surface area contributed by atoms with Crippen molar-refractivity contribution in [1.82, 2.24) is 15.5 Å². The smallest absolute Gasteiger partial charge is 0.349 e. The van der Waals surface area contributed by atoms with E-state index in [1.807, 2.05) is 25.1 Å². The van der Waals surface area contributed by atoms with E-state index >= 15 is 0 Å². The lowest BCUT2D eigenvalue weighted by molar-refractivity contribution is -0.191. The van der Waals surface area contributed by atoms with Crippen LogP contribution in [-0.4, -0.2) is 54.6 Å². The van der Waals surface area contributed by atoms with Crippen LogP contribution in [0, 0.1) is 13.8 Å². The van der Waals surface area contributed by atoms with Crippen molar-refractivity contribution in [2.75, 3.05) is 19.6 Å². The molecule has 4 rings (SSSR count). The zero-order valence-corrected chi connectivity index (χ0v) is 19.9. The van der Waals surface area contributed by atoms with Crippen molar-refractivity contribution < 1.29 is 19.2 Å². The summed E-state index contributed by atoms with van der Waals surface area (Å²) in [7, 11) is 0. The summed E-state index contributed by atoms with van der Waals surface area (Å²) >= 11 is 0. The van der Waals surface area contributed by atoms with Crippen LogP contribution >= 0.6 is 0 Å². The van der Waals surface area contributed by atoms with Gasteiger partial charge >= 0.3 is 6.15 Å². The number of nitrogens with zero attached hydrogens (tertiary/aromatic N) is 1. The molecule has 180 valence electrons. The summed E-state index contributed by atoms with van der Waals surface area (Å²) in [5.41, 5.74) is 4.41. The SMILES string of the molecule is Cc1ccc(C2CCC(N3CC(NC(=O)CNC(=O)c4cccc(C)c4)C3)CC2)cc1.O=C=O. The van der Waals surface area contributed by atoms with Gasteiger partial charge in [-0.3, -0.25) is 14.5 Å². The molecule has 7 heteroatoms. The first-order valence-electron chi connectivity index (χ1n) is 11.8. The van der Waals surface area contributed by atoms with Crippen LogP contribution in [0.3, 0.4) is 0 Å². The molecule has 0 bridgehead atoms. The van der Waals surface area contributed by atoms with Gasteiger partial charge in [-0.15, -0.1) is 0 Å². The maximum absolute atomic E-state index is 12.2. The molecule has 0 spiro atoms. The quantitative estimate of drug-likeness (QED) is 0.687. The predicted octanol–water partition coefficient (Wildman–Crippen LogP) is 2.98. The molecule has 2 aromatic carbocycles. The first-order valence-corrected chi connectivity index (χ1v) is 11.8. The summed E-state index contributed by atoms with van der Waals surface area (Å²) in [4.78, 5) is 43.1. The van der Waals surface area contributed by atoms with Crippen molar-refractivity contribution in [1.29, 1.82) is 0 Å². The molecule has 1 saturated carbocycles. The standard InChI is InChI=1S/C26H33N3O2.CO2/c1-18-6-8-20(9-7-18)21-10-12-24(13-11-21)29-16-23(17-29)28-25(30)15-27-26(31)22-5-3-4-19(2)14-22;2-1-3/h3-9,14,21,23-24H,10-13,15-17H2,1-2H3,(H,27,31)(H,28,30);. The third-order valence-corrected chi connectivity index (χ3v) is 6.73. The van der Waals surface area contributed by atoms with Gasteiger partial charge in [0, 0.05) is 24.7 Å². The highest BCUT2D eigenvalue weighted by Gasteiger charge is 2.35. The minimum Gasteiger partial charge on any atom is -0.349 e. The summed E-state index contributed by atoms with van der Waals surface area (Å²) in [6, 6.07) is 17.2. The summed E-state index contributed by atoms with van der Waals surface area (Å²) in [5, 5.41) is 5.76. The third kappa shape index (κ3) is 7.11. The normalized spacial score (nSPS) is 20.2. The number of hydrogen-bond donors (Lipinski definition) is 2. The molecular weight excluding hydrogens is 430 g/mol. The molecule has 34 heavy (non-hydrogen) atoms. The second-order valence-electron chi connectivity index (χ2n) is 9.27. The van der Waals surface area contributed by atoms with Gasteiger partial charge in [0.05, 0.1) is 12.6 Å². The minimum absolute atomic E-state index is 0.0188. The number of likely N-dealkylation sites (tertiary alicyclic amines) is 1. The lowest BCUT2D eigenvalue weighted by Gasteiger charge is -2.46. The summed E-state index contributed by atoms with van der Waals surface area (Å²) in [6.07, 6.45) is 5.19. The molecule has 2 fully saturated rings. The molecule has 7 nitrogen and oxygen atoms in total.